The van der Waals surface area contributed by atoms with Crippen molar-refractivity contribution >= 4 is 17.6 Å². The predicted octanol–water partition coefficient (Wildman–Crippen LogP) is 3.03. The normalized spacial score (nSPS) is 11.2. The molecule has 0 amide bonds. The summed E-state index contributed by atoms with van der Waals surface area (Å²) < 4.78 is 10.4. The molecule has 0 radical (unpaired) electrons. The lowest BCUT2D eigenvalue weighted by Crippen LogP contribution is -2.32. The van der Waals surface area contributed by atoms with Crippen molar-refractivity contribution in [3.8, 4) is 5.75 Å². The highest BCUT2D eigenvalue weighted by Gasteiger charge is 2.30. The SMILES string of the molecule is CCNCc1ccc(OCC(C)(C)C(=O)OC)c(Cl)c1. The summed E-state index contributed by atoms with van der Waals surface area (Å²) in [6, 6.07) is 5.64. The second-order valence-electron chi connectivity index (χ2n) is 5.21. The molecule has 5 heteroatoms. The van der Waals surface area contributed by atoms with E-state index in [4.69, 9.17) is 21.1 Å². The van der Waals surface area contributed by atoms with Crippen LogP contribution in [0.3, 0.4) is 0 Å². The molecule has 0 aliphatic carbocycles. The van der Waals surface area contributed by atoms with Gasteiger partial charge in [0.1, 0.15) is 12.4 Å². The molecule has 0 aromatic heterocycles. The minimum Gasteiger partial charge on any atom is -0.491 e. The summed E-state index contributed by atoms with van der Waals surface area (Å²) in [5.41, 5.74) is 0.386. The van der Waals surface area contributed by atoms with Crippen molar-refractivity contribution in [1.29, 1.82) is 0 Å². The number of carbonyl (C=O) groups excluding carboxylic acids is 1. The Hall–Kier alpha value is -1.26. The fraction of sp³-hybridized carbons (Fsp3) is 0.533. The number of ether oxygens (including phenoxy) is 2. The Morgan fingerprint density at radius 3 is 2.65 bits per heavy atom. The van der Waals surface area contributed by atoms with Crippen LogP contribution < -0.4 is 10.1 Å². The summed E-state index contributed by atoms with van der Waals surface area (Å²) in [4.78, 5) is 11.6. The van der Waals surface area contributed by atoms with Crippen LogP contribution in [0.25, 0.3) is 0 Å². The van der Waals surface area contributed by atoms with Gasteiger partial charge < -0.3 is 14.8 Å². The van der Waals surface area contributed by atoms with Gasteiger partial charge in [-0.15, -0.1) is 0 Å². The van der Waals surface area contributed by atoms with Gasteiger partial charge in [0.15, 0.2) is 0 Å². The molecule has 0 bridgehead atoms. The van der Waals surface area contributed by atoms with Crippen molar-refractivity contribution in [2.45, 2.75) is 27.3 Å². The van der Waals surface area contributed by atoms with E-state index in [1.54, 1.807) is 13.8 Å². The Kier molecular flexibility index (Phi) is 6.30. The standard InChI is InChI=1S/C15H22ClNO3/c1-5-17-9-11-6-7-13(12(16)8-11)20-10-15(2,3)14(18)19-4/h6-8,17H,5,9-10H2,1-4H3. The summed E-state index contributed by atoms with van der Waals surface area (Å²) in [6.07, 6.45) is 0. The van der Waals surface area contributed by atoms with Gasteiger partial charge in [0.05, 0.1) is 17.5 Å². The van der Waals surface area contributed by atoms with Gasteiger partial charge >= 0.3 is 5.97 Å². The number of esters is 1. The van der Waals surface area contributed by atoms with E-state index >= 15 is 0 Å². The van der Waals surface area contributed by atoms with Gasteiger partial charge in [0.25, 0.3) is 0 Å². The van der Waals surface area contributed by atoms with E-state index in [-0.39, 0.29) is 12.6 Å². The van der Waals surface area contributed by atoms with Gasteiger partial charge in [-0.05, 0) is 38.1 Å². The van der Waals surface area contributed by atoms with Crippen molar-refractivity contribution in [2.75, 3.05) is 20.3 Å². The number of benzene rings is 1. The van der Waals surface area contributed by atoms with E-state index in [0.717, 1.165) is 18.7 Å². The lowest BCUT2D eigenvalue weighted by atomic mass is 9.95. The van der Waals surface area contributed by atoms with E-state index in [1.807, 2.05) is 25.1 Å². The number of hydrogen-bond acceptors (Lipinski definition) is 4. The maximum absolute atomic E-state index is 11.6. The van der Waals surface area contributed by atoms with Crippen LogP contribution >= 0.6 is 11.6 Å². The van der Waals surface area contributed by atoms with Crippen molar-refractivity contribution in [1.82, 2.24) is 5.32 Å². The minimum atomic E-state index is -0.708. The van der Waals surface area contributed by atoms with Crippen molar-refractivity contribution < 1.29 is 14.3 Å². The van der Waals surface area contributed by atoms with E-state index < -0.39 is 5.41 Å². The molecule has 0 atom stereocenters. The Morgan fingerprint density at radius 2 is 2.10 bits per heavy atom. The van der Waals surface area contributed by atoms with Gasteiger partial charge in [-0.25, -0.2) is 0 Å². The summed E-state index contributed by atoms with van der Waals surface area (Å²) in [7, 11) is 1.37. The van der Waals surface area contributed by atoms with Crippen LogP contribution in [0, 0.1) is 5.41 Å². The maximum atomic E-state index is 11.6. The van der Waals surface area contributed by atoms with Crippen molar-refractivity contribution in [3.63, 3.8) is 0 Å². The Labute approximate surface area is 125 Å². The lowest BCUT2D eigenvalue weighted by Gasteiger charge is -2.22. The first-order valence-electron chi connectivity index (χ1n) is 6.61. The first-order chi connectivity index (χ1) is 9.40. The molecule has 1 N–H and O–H groups in total. The number of methoxy groups -OCH3 is 1. The molecule has 4 nitrogen and oxygen atoms in total. The molecule has 20 heavy (non-hydrogen) atoms. The molecule has 0 heterocycles. The molecule has 1 aromatic carbocycles. The minimum absolute atomic E-state index is 0.214. The van der Waals surface area contributed by atoms with E-state index in [9.17, 15) is 4.79 Å². The van der Waals surface area contributed by atoms with Crippen LogP contribution in [-0.4, -0.2) is 26.2 Å². The molecule has 1 rings (SSSR count). The number of rotatable bonds is 7. The van der Waals surface area contributed by atoms with Gasteiger partial charge in [-0.1, -0.05) is 24.6 Å². The van der Waals surface area contributed by atoms with E-state index in [1.165, 1.54) is 7.11 Å². The fourth-order valence-electron chi connectivity index (χ4n) is 1.63. The summed E-state index contributed by atoms with van der Waals surface area (Å²) in [6.45, 7) is 7.48. The van der Waals surface area contributed by atoms with Gasteiger partial charge in [-0.3, -0.25) is 4.79 Å². The summed E-state index contributed by atoms with van der Waals surface area (Å²) >= 11 is 6.18. The smallest absolute Gasteiger partial charge is 0.314 e. The van der Waals surface area contributed by atoms with Crippen LogP contribution in [0.2, 0.25) is 5.02 Å². The van der Waals surface area contributed by atoms with Crippen LogP contribution in [0.4, 0.5) is 0 Å². The highest BCUT2D eigenvalue weighted by molar-refractivity contribution is 6.32. The molecule has 0 aliphatic rings. The average molecular weight is 300 g/mol. The van der Waals surface area contributed by atoms with Gasteiger partial charge in [0, 0.05) is 6.54 Å². The largest absolute Gasteiger partial charge is 0.491 e. The number of hydrogen-bond donors (Lipinski definition) is 1. The lowest BCUT2D eigenvalue weighted by molar-refractivity contribution is -0.152. The molecular weight excluding hydrogens is 278 g/mol. The van der Waals surface area contributed by atoms with Crippen molar-refractivity contribution in [2.24, 2.45) is 5.41 Å². The summed E-state index contributed by atoms with van der Waals surface area (Å²) in [5, 5.41) is 3.77. The first-order valence-corrected chi connectivity index (χ1v) is 6.99. The molecule has 0 unspecified atom stereocenters. The first kappa shape index (κ1) is 16.8. The topological polar surface area (TPSA) is 47.6 Å². The zero-order chi connectivity index (χ0) is 15.2. The molecule has 112 valence electrons. The van der Waals surface area contributed by atoms with E-state index in [0.29, 0.717) is 10.8 Å². The third-order valence-electron chi connectivity index (χ3n) is 2.90. The third kappa shape index (κ3) is 4.69. The quantitative estimate of drug-likeness (QED) is 0.786. The molecule has 0 saturated carbocycles. The van der Waals surface area contributed by atoms with Crippen molar-refractivity contribution in [3.05, 3.63) is 28.8 Å². The monoisotopic (exact) mass is 299 g/mol. The molecule has 0 fully saturated rings. The second-order valence-corrected chi connectivity index (χ2v) is 5.62. The highest BCUT2D eigenvalue weighted by Crippen LogP contribution is 2.28. The Balaban J connectivity index is 2.67. The molecular formula is C15H22ClNO3. The number of carbonyl (C=O) groups is 1. The highest BCUT2D eigenvalue weighted by atomic mass is 35.5. The van der Waals surface area contributed by atoms with Crippen LogP contribution in [0.15, 0.2) is 18.2 Å². The molecule has 0 saturated heterocycles. The van der Waals surface area contributed by atoms with Gasteiger partial charge in [-0.2, -0.15) is 0 Å². The molecule has 1 aromatic rings. The van der Waals surface area contributed by atoms with Crippen LogP contribution in [0.5, 0.6) is 5.75 Å². The second kappa shape index (κ2) is 7.50. The Morgan fingerprint density at radius 1 is 1.40 bits per heavy atom. The van der Waals surface area contributed by atoms with Crippen LogP contribution in [0.1, 0.15) is 26.3 Å². The molecule has 0 spiro atoms. The number of nitrogens with one attached hydrogen (secondary N) is 1. The fourth-order valence-corrected chi connectivity index (χ4v) is 1.89. The molecule has 0 aliphatic heterocycles. The van der Waals surface area contributed by atoms with Crippen LogP contribution in [-0.2, 0) is 16.1 Å². The third-order valence-corrected chi connectivity index (χ3v) is 3.20. The van der Waals surface area contributed by atoms with E-state index in [2.05, 4.69) is 5.32 Å². The Bertz CT molecular complexity index is 460. The number of halogens is 1. The zero-order valence-electron chi connectivity index (χ0n) is 12.5. The zero-order valence-corrected chi connectivity index (χ0v) is 13.2. The van der Waals surface area contributed by atoms with Gasteiger partial charge in [0.2, 0.25) is 0 Å². The average Bonchev–Trinajstić information content (AvgIpc) is 2.43. The maximum Gasteiger partial charge on any atom is 0.314 e. The summed E-state index contributed by atoms with van der Waals surface area (Å²) in [5.74, 6) is 0.265. The predicted molar refractivity (Wildman–Crippen MR) is 80.1 cm³/mol.